The molecule has 6 rings (SSSR count). The number of nitro benzene ring substituents is 1. The Morgan fingerprint density at radius 1 is 1.03 bits per heavy atom. The molecule has 184 valence electrons. The minimum atomic E-state index is -0.868. The first-order valence-corrected chi connectivity index (χ1v) is 11.7. The van der Waals surface area contributed by atoms with Crippen molar-refractivity contribution in [3.63, 3.8) is 0 Å². The molecular formula is C27H23FN2O6. The van der Waals surface area contributed by atoms with Gasteiger partial charge >= 0.3 is 0 Å². The quantitative estimate of drug-likeness (QED) is 0.262. The molecule has 0 saturated carbocycles. The van der Waals surface area contributed by atoms with E-state index >= 15 is 0 Å². The van der Waals surface area contributed by atoms with Gasteiger partial charge in [-0.1, -0.05) is 18.2 Å². The lowest BCUT2D eigenvalue weighted by atomic mass is 9.78. The Bertz CT molecular complexity index is 1530. The van der Waals surface area contributed by atoms with Crippen LogP contribution in [0, 0.1) is 15.9 Å². The van der Waals surface area contributed by atoms with E-state index in [4.69, 9.17) is 9.47 Å². The molecule has 2 bridgehead atoms. The summed E-state index contributed by atoms with van der Waals surface area (Å²) in [6.07, 6.45) is 1.68. The number of benzene rings is 3. The average molecular weight is 490 g/mol. The van der Waals surface area contributed by atoms with Crippen molar-refractivity contribution in [3.05, 3.63) is 87.7 Å². The van der Waals surface area contributed by atoms with Gasteiger partial charge in [-0.05, 0) is 56.2 Å². The second-order valence-corrected chi connectivity index (χ2v) is 9.52. The van der Waals surface area contributed by atoms with Gasteiger partial charge in [0.15, 0.2) is 0 Å². The molecule has 2 aliphatic rings. The maximum absolute atomic E-state index is 13.2. The zero-order valence-electron chi connectivity index (χ0n) is 19.4. The van der Waals surface area contributed by atoms with E-state index in [1.807, 2.05) is 6.92 Å². The molecule has 2 atom stereocenters. The third-order valence-corrected chi connectivity index (χ3v) is 7.44. The minimum Gasteiger partial charge on any atom is -0.494 e. The van der Waals surface area contributed by atoms with Gasteiger partial charge in [0.2, 0.25) is 11.8 Å². The number of aromatic hydroxyl groups is 2. The summed E-state index contributed by atoms with van der Waals surface area (Å²) in [6.45, 7) is 2.14. The molecule has 1 fully saturated rings. The van der Waals surface area contributed by atoms with Gasteiger partial charge in [0.05, 0.1) is 39.3 Å². The Morgan fingerprint density at radius 2 is 1.72 bits per heavy atom. The van der Waals surface area contributed by atoms with Crippen molar-refractivity contribution in [2.24, 2.45) is 0 Å². The van der Waals surface area contributed by atoms with Crippen molar-refractivity contribution >= 4 is 16.5 Å². The summed E-state index contributed by atoms with van der Waals surface area (Å²) < 4.78 is 26.8. The van der Waals surface area contributed by atoms with E-state index in [2.05, 4.69) is 0 Å². The first kappa shape index (κ1) is 22.4. The Morgan fingerprint density at radius 3 is 2.44 bits per heavy atom. The Hall–Kier alpha value is -4.11. The summed E-state index contributed by atoms with van der Waals surface area (Å²) in [5.41, 5.74) is -0.254. The number of aromatic nitrogens is 1. The number of nitrogens with zero attached hydrogens (tertiary/aromatic N) is 2. The van der Waals surface area contributed by atoms with Crippen LogP contribution in [0.15, 0.2) is 60.7 Å². The molecule has 8 nitrogen and oxygen atoms in total. The van der Waals surface area contributed by atoms with Gasteiger partial charge < -0.3 is 19.7 Å². The SMILES string of the molecule is C[C@]12CC[C@](CCOc3ccc(F)cc3)(O1)c1c2c(O)n(-c2ccc([N+](=O)[O-])c3ccccc23)c1O. The van der Waals surface area contributed by atoms with E-state index in [9.17, 15) is 24.7 Å². The molecule has 0 aliphatic carbocycles. The standard InChI is InChI=1S/C27H23FN2O6/c1-26-12-13-27(36-26,14-15-35-17-8-6-16(28)7-9-17)23-22(26)24(31)29(25(23)32)20-10-11-21(30(33)34)19-5-3-2-4-18(19)20/h2-11,31-32H,12-15H2,1H3/t26-,27-/m1/s1. The van der Waals surface area contributed by atoms with Crippen LogP contribution in [0.4, 0.5) is 10.1 Å². The number of fused-ring (bicyclic) bond motifs is 6. The number of hydrogen-bond acceptors (Lipinski definition) is 6. The lowest BCUT2D eigenvalue weighted by molar-refractivity contribution is -0.383. The molecule has 1 aromatic heterocycles. The number of hydrogen-bond donors (Lipinski definition) is 2. The molecule has 2 N–H and O–H groups in total. The first-order chi connectivity index (χ1) is 17.2. The van der Waals surface area contributed by atoms with E-state index in [1.54, 1.807) is 36.4 Å². The van der Waals surface area contributed by atoms with Gasteiger partial charge in [-0.25, -0.2) is 4.39 Å². The van der Waals surface area contributed by atoms with Gasteiger partial charge in [-0.15, -0.1) is 0 Å². The molecular weight excluding hydrogens is 467 g/mol. The zero-order chi connectivity index (χ0) is 25.2. The second kappa shape index (κ2) is 7.69. The smallest absolute Gasteiger partial charge is 0.277 e. The topological polar surface area (TPSA) is 107 Å². The fourth-order valence-corrected chi connectivity index (χ4v) is 5.82. The Balaban J connectivity index is 1.43. The highest BCUT2D eigenvalue weighted by Gasteiger charge is 2.61. The van der Waals surface area contributed by atoms with Gasteiger partial charge in [0.1, 0.15) is 17.2 Å². The highest BCUT2D eigenvalue weighted by Crippen LogP contribution is 2.65. The van der Waals surface area contributed by atoms with Crippen LogP contribution in [0.5, 0.6) is 17.5 Å². The summed E-state index contributed by atoms with van der Waals surface area (Å²) in [4.78, 5) is 11.1. The lowest BCUT2D eigenvalue weighted by Crippen LogP contribution is -2.25. The van der Waals surface area contributed by atoms with Crippen LogP contribution in [0.1, 0.15) is 37.3 Å². The van der Waals surface area contributed by atoms with Crippen molar-refractivity contribution in [1.82, 2.24) is 4.57 Å². The number of ether oxygens (including phenoxy) is 2. The van der Waals surface area contributed by atoms with Crippen molar-refractivity contribution in [2.75, 3.05) is 6.61 Å². The van der Waals surface area contributed by atoms with Crippen LogP contribution in [0.3, 0.4) is 0 Å². The van der Waals surface area contributed by atoms with Crippen molar-refractivity contribution in [2.45, 2.75) is 37.4 Å². The number of non-ortho nitro benzene ring substituents is 1. The fourth-order valence-electron chi connectivity index (χ4n) is 5.82. The zero-order valence-corrected chi connectivity index (χ0v) is 19.4. The predicted octanol–water partition coefficient (Wildman–Crippen LogP) is 5.79. The summed E-state index contributed by atoms with van der Waals surface area (Å²) in [7, 11) is 0. The average Bonchev–Trinajstić information content (AvgIpc) is 3.44. The van der Waals surface area contributed by atoms with Gasteiger partial charge in [-0.3, -0.25) is 14.7 Å². The molecule has 3 aromatic carbocycles. The molecule has 0 spiro atoms. The Kier molecular flexibility index (Phi) is 4.78. The summed E-state index contributed by atoms with van der Waals surface area (Å²) in [5, 5.41) is 35.3. The second-order valence-electron chi connectivity index (χ2n) is 9.52. The van der Waals surface area contributed by atoms with E-state index < -0.39 is 16.1 Å². The molecule has 4 aromatic rings. The van der Waals surface area contributed by atoms with Crippen LogP contribution >= 0.6 is 0 Å². The van der Waals surface area contributed by atoms with Crippen LogP contribution in [-0.2, 0) is 15.9 Å². The number of nitro groups is 1. The third kappa shape index (κ3) is 3.09. The van der Waals surface area contributed by atoms with E-state index in [1.165, 1.54) is 28.8 Å². The molecule has 9 heteroatoms. The van der Waals surface area contributed by atoms with Crippen molar-refractivity contribution in [3.8, 4) is 23.2 Å². The molecule has 2 aliphatic heterocycles. The molecule has 0 radical (unpaired) electrons. The molecule has 1 saturated heterocycles. The molecule has 3 heterocycles. The maximum Gasteiger partial charge on any atom is 0.277 e. The predicted molar refractivity (Wildman–Crippen MR) is 129 cm³/mol. The van der Waals surface area contributed by atoms with Crippen molar-refractivity contribution in [1.29, 1.82) is 0 Å². The third-order valence-electron chi connectivity index (χ3n) is 7.44. The first-order valence-electron chi connectivity index (χ1n) is 11.7. The van der Waals surface area contributed by atoms with Gasteiger partial charge in [0, 0.05) is 17.9 Å². The van der Waals surface area contributed by atoms with Crippen LogP contribution < -0.4 is 4.74 Å². The molecule has 0 amide bonds. The monoisotopic (exact) mass is 490 g/mol. The maximum atomic E-state index is 13.2. The summed E-state index contributed by atoms with van der Waals surface area (Å²) in [5.74, 6) is -0.137. The highest BCUT2D eigenvalue weighted by molar-refractivity contribution is 5.97. The van der Waals surface area contributed by atoms with Crippen LogP contribution in [0.25, 0.3) is 16.5 Å². The fraction of sp³-hybridized carbons (Fsp3) is 0.259. The van der Waals surface area contributed by atoms with Crippen LogP contribution in [0.2, 0.25) is 0 Å². The largest absolute Gasteiger partial charge is 0.494 e. The summed E-state index contributed by atoms with van der Waals surface area (Å²) in [6, 6.07) is 15.5. The normalized spacial score (nSPS) is 22.2. The van der Waals surface area contributed by atoms with E-state index in [-0.39, 0.29) is 29.9 Å². The lowest BCUT2D eigenvalue weighted by Gasteiger charge is -2.26. The van der Waals surface area contributed by atoms with Crippen LogP contribution in [-0.4, -0.2) is 26.3 Å². The van der Waals surface area contributed by atoms with Crippen molar-refractivity contribution < 1.29 is 29.0 Å². The van der Waals surface area contributed by atoms with Gasteiger partial charge in [-0.2, -0.15) is 0 Å². The van der Waals surface area contributed by atoms with E-state index in [0.29, 0.717) is 52.6 Å². The highest BCUT2D eigenvalue weighted by atomic mass is 19.1. The van der Waals surface area contributed by atoms with Gasteiger partial charge in [0.25, 0.3) is 5.69 Å². The number of halogens is 1. The summed E-state index contributed by atoms with van der Waals surface area (Å²) >= 11 is 0. The molecule has 0 unspecified atom stereocenters. The minimum absolute atomic E-state index is 0.0576. The number of rotatable bonds is 6. The van der Waals surface area contributed by atoms with E-state index in [0.717, 1.165) is 0 Å². The Labute approximate surface area is 205 Å². The molecule has 36 heavy (non-hydrogen) atoms.